The van der Waals surface area contributed by atoms with Gasteiger partial charge in [-0.3, -0.25) is 4.98 Å². The van der Waals surface area contributed by atoms with Gasteiger partial charge in [-0.2, -0.15) is 0 Å². The third-order valence-electron chi connectivity index (χ3n) is 2.47. The Morgan fingerprint density at radius 1 is 1.62 bits per heavy atom. The van der Waals surface area contributed by atoms with E-state index in [4.69, 9.17) is 10.5 Å². The quantitative estimate of drug-likeness (QED) is 0.741. The van der Waals surface area contributed by atoms with E-state index in [1.54, 1.807) is 6.20 Å². The molecule has 2 N–H and O–H groups in total. The molecule has 3 nitrogen and oxygen atoms in total. The Morgan fingerprint density at radius 2 is 2.54 bits per heavy atom. The van der Waals surface area contributed by atoms with E-state index in [0.717, 1.165) is 37.3 Å². The summed E-state index contributed by atoms with van der Waals surface area (Å²) in [5.41, 5.74) is 7.82. The van der Waals surface area contributed by atoms with Gasteiger partial charge in [0.25, 0.3) is 0 Å². The Morgan fingerprint density at radius 3 is 3.23 bits per heavy atom. The summed E-state index contributed by atoms with van der Waals surface area (Å²) in [6, 6.07) is 1.85. The number of rotatable bonds is 2. The predicted molar refractivity (Wildman–Crippen MR) is 51.3 cm³/mol. The number of nitrogens with zero attached hydrogens (tertiary/aromatic N) is 1. The number of aromatic nitrogens is 1. The molecule has 0 aliphatic carbocycles. The number of anilines is 1. The minimum absolute atomic E-state index is 0.631. The highest BCUT2D eigenvalue weighted by atomic mass is 16.5. The second-order valence-electron chi connectivity index (χ2n) is 3.51. The van der Waals surface area contributed by atoms with Crippen molar-refractivity contribution in [2.75, 3.05) is 18.9 Å². The van der Waals surface area contributed by atoms with Crippen LogP contribution >= 0.6 is 0 Å². The van der Waals surface area contributed by atoms with Crippen LogP contribution in [0.5, 0.6) is 0 Å². The molecule has 70 valence electrons. The van der Waals surface area contributed by atoms with Crippen LogP contribution in [0.2, 0.25) is 0 Å². The van der Waals surface area contributed by atoms with Crippen molar-refractivity contribution >= 4 is 5.69 Å². The van der Waals surface area contributed by atoms with Crippen LogP contribution in [-0.2, 0) is 11.2 Å². The highest BCUT2D eigenvalue weighted by Crippen LogP contribution is 2.20. The van der Waals surface area contributed by atoms with E-state index in [1.807, 2.05) is 12.3 Å². The van der Waals surface area contributed by atoms with Crippen LogP contribution < -0.4 is 5.73 Å². The topological polar surface area (TPSA) is 48.1 Å². The molecule has 13 heavy (non-hydrogen) atoms. The SMILES string of the molecule is Nc1ccncc1CC1CCOC1. The molecule has 0 saturated carbocycles. The second-order valence-corrected chi connectivity index (χ2v) is 3.51. The fourth-order valence-electron chi connectivity index (χ4n) is 1.66. The molecule has 0 bridgehead atoms. The smallest absolute Gasteiger partial charge is 0.0498 e. The first-order chi connectivity index (χ1) is 6.36. The van der Waals surface area contributed by atoms with E-state index in [2.05, 4.69) is 4.98 Å². The molecule has 1 fully saturated rings. The number of hydrogen-bond acceptors (Lipinski definition) is 3. The summed E-state index contributed by atoms with van der Waals surface area (Å²) in [5, 5.41) is 0. The largest absolute Gasteiger partial charge is 0.398 e. The lowest BCUT2D eigenvalue weighted by Crippen LogP contribution is -2.06. The summed E-state index contributed by atoms with van der Waals surface area (Å²) < 4.78 is 5.31. The van der Waals surface area contributed by atoms with Crippen molar-refractivity contribution in [3.8, 4) is 0 Å². The van der Waals surface area contributed by atoms with Crippen molar-refractivity contribution < 1.29 is 4.74 Å². The standard InChI is InChI=1S/C10H14N2O/c11-10-1-3-12-6-9(10)5-8-2-4-13-7-8/h1,3,6,8H,2,4-5,7H2,(H2,11,12). The maximum atomic E-state index is 5.82. The normalized spacial score (nSPS) is 22.0. The average molecular weight is 178 g/mol. The van der Waals surface area contributed by atoms with E-state index in [-0.39, 0.29) is 0 Å². The van der Waals surface area contributed by atoms with Crippen LogP contribution in [0, 0.1) is 5.92 Å². The zero-order chi connectivity index (χ0) is 9.10. The number of ether oxygens (including phenoxy) is 1. The average Bonchev–Trinajstić information content (AvgIpc) is 2.61. The second kappa shape index (κ2) is 3.75. The molecule has 1 saturated heterocycles. The maximum Gasteiger partial charge on any atom is 0.0498 e. The molecule has 2 rings (SSSR count). The Hall–Kier alpha value is -1.09. The van der Waals surface area contributed by atoms with E-state index >= 15 is 0 Å². The molecule has 0 aromatic carbocycles. The van der Waals surface area contributed by atoms with Gasteiger partial charge in [-0.05, 0) is 30.4 Å². The van der Waals surface area contributed by atoms with Gasteiger partial charge in [0.05, 0.1) is 0 Å². The van der Waals surface area contributed by atoms with Crippen molar-refractivity contribution in [2.24, 2.45) is 5.92 Å². The zero-order valence-corrected chi connectivity index (χ0v) is 7.57. The number of nitrogen functional groups attached to an aromatic ring is 1. The van der Waals surface area contributed by atoms with Gasteiger partial charge >= 0.3 is 0 Å². The van der Waals surface area contributed by atoms with Gasteiger partial charge in [-0.15, -0.1) is 0 Å². The lowest BCUT2D eigenvalue weighted by atomic mass is 9.99. The van der Waals surface area contributed by atoms with E-state index in [1.165, 1.54) is 0 Å². The molecular formula is C10H14N2O. The number of hydrogen-bond donors (Lipinski definition) is 1. The molecule has 1 aliphatic rings. The minimum Gasteiger partial charge on any atom is -0.398 e. The van der Waals surface area contributed by atoms with Gasteiger partial charge < -0.3 is 10.5 Å². The minimum atomic E-state index is 0.631. The van der Waals surface area contributed by atoms with E-state index in [0.29, 0.717) is 5.92 Å². The summed E-state index contributed by atoms with van der Waals surface area (Å²) in [4.78, 5) is 4.07. The van der Waals surface area contributed by atoms with Crippen LogP contribution in [-0.4, -0.2) is 18.2 Å². The van der Waals surface area contributed by atoms with Gasteiger partial charge in [-0.25, -0.2) is 0 Å². The highest BCUT2D eigenvalue weighted by Gasteiger charge is 2.16. The lowest BCUT2D eigenvalue weighted by molar-refractivity contribution is 0.186. The summed E-state index contributed by atoms with van der Waals surface area (Å²) in [7, 11) is 0. The Balaban J connectivity index is 2.04. The monoisotopic (exact) mass is 178 g/mol. The molecule has 0 radical (unpaired) electrons. The molecule has 1 atom stereocenters. The van der Waals surface area contributed by atoms with E-state index in [9.17, 15) is 0 Å². The molecule has 1 aromatic rings. The van der Waals surface area contributed by atoms with Crippen LogP contribution in [0.1, 0.15) is 12.0 Å². The summed E-state index contributed by atoms with van der Waals surface area (Å²) in [6.07, 6.45) is 5.73. The summed E-state index contributed by atoms with van der Waals surface area (Å²) in [6.45, 7) is 1.76. The first kappa shape index (κ1) is 8.51. The van der Waals surface area contributed by atoms with E-state index < -0.39 is 0 Å². The summed E-state index contributed by atoms with van der Waals surface area (Å²) >= 11 is 0. The van der Waals surface area contributed by atoms with Gasteiger partial charge in [0.2, 0.25) is 0 Å². The van der Waals surface area contributed by atoms with Crippen molar-refractivity contribution in [1.29, 1.82) is 0 Å². The first-order valence-electron chi connectivity index (χ1n) is 4.62. The zero-order valence-electron chi connectivity index (χ0n) is 7.57. The predicted octanol–water partition coefficient (Wildman–Crippen LogP) is 1.24. The third kappa shape index (κ3) is 1.98. The molecule has 2 heterocycles. The van der Waals surface area contributed by atoms with Crippen molar-refractivity contribution in [3.05, 3.63) is 24.0 Å². The molecule has 1 unspecified atom stereocenters. The number of nitrogens with two attached hydrogens (primary N) is 1. The van der Waals surface area contributed by atoms with Crippen LogP contribution in [0.4, 0.5) is 5.69 Å². The molecular weight excluding hydrogens is 164 g/mol. The molecule has 3 heteroatoms. The molecule has 1 aromatic heterocycles. The lowest BCUT2D eigenvalue weighted by Gasteiger charge is -2.08. The van der Waals surface area contributed by atoms with Crippen molar-refractivity contribution in [1.82, 2.24) is 4.98 Å². The fourth-order valence-corrected chi connectivity index (χ4v) is 1.66. The molecule has 0 amide bonds. The maximum absolute atomic E-state index is 5.82. The number of pyridine rings is 1. The Kier molecular flexibility index (Phi) is 2.45. The Labute approximate surface area is 77.9 Å². The van der Waals surface area contributed by atoms with Gasteiger partial charge in [0.15, 0.2) is 0 Å². The van der Waals surface area contributed by atoms with Crippen LogP contribution in [0.25, 0.3) is 0 Å². The van der Waals surface area contributed by atoms with Crippen molar-refractivity contribution in [3.63, 3.8) is 0 Å². The van der Waals surface area contributed by atoms with Gasteiger partial charge in [-0.1, -0.05) is 0 Å². The van der Waals surface area contributed by atoms with Crippen LogP contribution in [0.15, 0.2) is 18.5 Å². The first-order valence-corrected chi connectivity index (χ1v) is 4.62. The van der Waals surface area contributed by atoms with Gasteiger partial charge in [0, 0.05) is 31.3 Å². The molecule has 0 spiro atoms. The fraction of sp³-hybridized carbons (Fsp3) is 0.500. The third-order valence-corrected chi connectivity index (χ3v) is 2.47. The van der Waals surface area contributed by atoms with Gasteiger partial charge in [0.1, 0.15) is 0 Å². The molecule has 1 aliphatic heterocycles. The summed E-state index contributed by atoms with van der Waals surface area (Å²) in [5.74, 6) is 0.631. The highest BCUT2D eigenvalue weighted by molar-refractivity contribution is 5.44. The Bertz CT molecular complexity index is 282. The van der Waals surface area contributed by atoms with Crippen molar-refractivity contribution in [2.45, 2.75) is 12.8 Å². The van der Waals surface area contributed by atoms with Crippen LogP contribution in [0.3, 0.4) is 0 Å².